The van der Waals surface area contributed by atoms with Gasteiger partial charge in [0, 0.05) is 0 Å². The lowest BCUT2D eigenvalue weighted by atomic mass is 10.00. The van der Waals surface area contributed by atoms with E-state index in [1.807, 2.05) is 0 Å². The van der Waals surface area contributed by atoms with E-state index in [2.05, 4.69) is 31.1 Å². The van der Waals surface area contributed by atoms with Crippen molar-refractivity contribution in [1.82, 2.24) is 0 Å². The Kier molecular flexibility index (Phi) is 4.07. The number of hydrogen-bond acceptors (Lipinski definition) is 4. The van der Waals surface area contributed by atoms with Gasteiger partial charge in [-0.1, -0.05) is 25.6 Å². The third kappa shape index (κ3) is 4.09. The lowest BCUT2D eigenvalue weighted by Crippen LogP contribution is -2.47. The quantitative estimate of drug-likeness (QED) is 0.566. The van der Waals surface area contributed by atoms with Gasteiger partial charge in [0.05, 0.1) is 13.2 Å². The van der Waals surface area contributed by atoms with Gasteiger partial charge in [-0.3, -0.25) is 0 Å². The standard InChI is InChI=1S/C12H22O4Si/c1-11(2)15-8-10(16-11)12(14,9-13)6-7-17(3,4)5/h10,13-14H,8-9H2,1-5H3/t10-,12+/m0/s1. The van der Waals surface area contributed by atoms with Gasteiger partial charge >= 0.3 is 0 Å². The Bertz CT molecular complexity index is 337. The molecule has 1 heterocycles. The summed E-state index contributed by atoms with van der Waals surface area (Å²) in [6, 6.07) is 0. The number of ether oxygens (including phenoxy) is 2. The zero-order valence-electron chi connectivity index (χ0n) is 11.2. The van der Waals surface area contributed by atoms with Gasteiger partial charge in [-0.15, -0.1) is 5.54 Å². The van der Waals surface area contributed by atoms with Crippen LogP contribution in [0.15, 0.2) is 0 Å². The van der Waals surface area contributed by atoms with Crippen LogP contribution >= 0.6 is 0 Å². The molecule has 98 valence electrons. The Morgan fingerprint density at radius 2 is 2.00 bits per heavy atom. The lowest BCUT2D eigenvalue weighted by Gasteiger charge is -2.27. The summed E-state index contributed by atoms with van der Waals surface area (Å²) >= 11 is 0. The molecule has 4 nitrogen and oxygen atoms in total. The first-order chi connectivity index (χ1) is 7.58. The van der Waals surface area contributed by atoms with Gasteiger partial charge in [0.1, 0.15) is 14.2 Å². The van der Waals surface area contributed by atoms with E-state index in [-0.39, 0.29) is 6.61 Å². The summed E-state index contributed by atoms with van der Waals surface area (Å²) in [5.41, 5.74) is 1.53. The first kappa shape index (κ1) is 14.7. The fraction of sp³-hybridized carbons (Fsp3) is 0.833. The SMILES string of the molecule is CC1(C)OC[C@@H]([C@@](O)(C#C[Si](C)(C)C)CO)O1. The van der Waals surface area contributed by atoms with Crippen LogP contribution in [0.2, 0.25) is 19.6 Å². The van der Waals surface area contributed by atoms with E-state index >= 15 is 0 Å². The van der Waals surface area contributed by atoms with E-state index in [1.54, 1.807) is 13.8 Å². The summed E-state index contributed by atoms with van der Waals surface area (Å²) in [6.07, 6.45) is -0.605. The third-order valence-electron chi connectivity index (χ3n) is 2.44. The van der Waals surface area contributed by atoms with Crippen LogP contribution in [0.1, 0.15) is 13.8 Å². The monoisotopic (exact) mass is 258 g/mol. The smallest absolute Gasteiger partial charge is 0.176 e. The largest absolute Gasteiger partial charge is 0.392 e. The topological polar surface area (TPSA) is 58.9 Å². The fourth-order valence-electron chi connectivity index (χ4n) is 1.44. The molecule has 2 atom stereocenters. The van der Waals surface area contributed by atoms with E-state index < -0.39 is 32.2 Å². The highest BCUT2D eigenvalue weighted by Gasteiger charge is 2.45. The van der Waals surface area contributed by atoms with Gasteiger partial charge in [0.2, 0.25) is 0 Å². The van der Waals surface area contributed by atoms with Crippen LogP contribution in [0.5, 0.6) is 0 Å². The normalized spacial score (nSPS) is 27.1. The highest BCUT2D eigenvalue weighted by Crippen LogP contribution is 2.28. The molecule has 17 heavy (non-hydrogen) atoms. The molecule has 2 N–H and O–H groups in total. The summed E-state index contributed by atoms with van der Waals surface area (Å²) in [6.45, 7) is 9.57. The highest BCUT2D eigenvalue weighted by atomic mass is 28.3. The second-order valence-corrected chi connectivity index (χ2v) is 10.6. The molecule has 1 fully saturated rings. The maximum atomic E-state index is 10.3. The second kappa shape index (κ2) is 4.71. The number of aliphatic hydroxyl groups is 2. The summed E-state index contributed by atoms with van der Waals surface area (Å²) in [5, 5.41) is 19.6. The van der Waals surface area contributed by atoms with Gasteiger partial charge in [0.15, 0.2) is 11.4 Å². The van der Waals surface area contributed by atoms with Crippen molar-refractivity contribution >= 4 is 8.07 Å². The number of hydrogen-bond donors (Lipinski definition) is 2. The van der Waals surface area contributed by atoms with E-state index in [9.17, 15) is 10.2 Å². The first-order valence-electron chi connectivity index (χ1n) is 5.77. The molecule has 0 amide bonds. The molecular formula is C12H22O4Si. The van der Waals surface area contributed by atoms with Crippen LogP contribution in [0.4, 0.5) is 0 Å². The molecule has 0 aliphatic carbocycles. The third-order valence-corrected chi connectivity index (χ3v) is 3.31. The Hall–Kier alpha value is -0.383. The van der Waals surface area contributed by atoms with Crippen LogP contribution in [-0.4, -0.2) is 49.0 Å². The summed E-state index contributed by atoms with van der Waals surface area (Å²) in [4.78, 5) is 0. The van der Waals surface area contributed by atoms with Crippen molar-refractivity contribution in [2.75, 3.05) is 13.2 Å². The molecule has 0 aromatic heterocycles. The molecule has 0 spiro atoms. The van der Waals surface area contributed by atoms with E-state index in [0.717, 1.165) is 0 Å². The van der Waals surface area contributed by atoms with Crippen LogP contribution < -0.4 is 0 Å². The molecule has 0 aromatic carbocycles. The van der Waals surface area contributed by atoms with Crippen LogP contribution in [0.3, 0.4) is 0 Å². The second-order valence-electron chi connectivity index (χ2n) is 5.90. The molecule has 0 radical (unpaired) electrons. The van der Waals surface area contributed by atoms with E-state index in [0.29, 0.717) is 0 Å². The average molecular weight is 258 g/mol. The van der Waals surface area contributed by atoms with Gasteiger partial charge in [-0.2, -0.15) is 0 Å². The molecule has 1 rings (SSSR count). The van der Waals surface area contributed by atoms with Crippen molar-refractivity contribution in [3.63, 3.8) is 0 Å². The summed E-state index contributed by atoms with van der Waals surface area (Å²) in [7, 11) is -1.60. The van der Waals surface area contributed by atoms with E-state index in [1.165, 1.54) is 0 Å². The Morgan fingerprint density at radius 3 is 2.35 bits per heavy atom. The van der Waals surface area contributed by atoms with Crippen molar-refractivity contribution in [3.05, 3.63) is 0 Å². The average Bonchev–Trinajstić information content (AvgIpc) is 2.55. The number of aliphatic hydroxyl groups excluding tert-OH is 1. The molecule has 0 aromatic rings. The van der Waals surface area contributed by atoms with Crippen LogP contribution in [0.25, 0.3) is 0 Å². The Labute approximate surface area is 104 Å². The molecular weight excluding hydrogens is 236 g/mol. The summed E-state index contributed by atoms with van der Waals surface area (Å²) < 4.78 is 10.9. The maximum Gasteiger partial charge on any atom is 0.176 e. The highest BCUT2D eigenvalue weighted by molar-refractivity contribution is 6.83. The fourth-order valence-corrected chi connectivity index (χ4v) is 2.03. The van der Waals surface area contributed by atoms with Gasteiger partial charge in [-0.25, -0.2) is 0 Å². The van der Waals surface area contributed by atoms with Crippen molar-refractivity contribution in [3.8, 4) is 11.5 Å². The number of rotatable bonds is 2. The van der Waals surface area contributed by atoms with Crippen molar-refractivity contribution < 1.29 is 19.7 Å². The molecule has 5 heteroatoms. The maximum absolute atomic E-state index is 10.3. The zero-order chi connectivity index (χ0) is 13.3. The van der Waals surface area contributed by atoms with Gasteiger partial charge < -0.3 is 19.7 Å². The molecule has 1 aliphatic heterocycles. The Morgan fingerprint density at radius 1 is 1.41 bits per heavy atom. The summed E-state index contributed by atoms with van der Waals surface area (Å²) in [5.74, 6) is 2.05. The van der Waals surface area contributed by atoms with Gasteiger partial charge in [0.25, 0.3) is 0 Å². The van der Waals surface area contributed by atoms with Gasteiger partial charge in [-0.05, 0) is 13.8 Å². The minimum atomic E-state index is -1.60. The molecule has 1 saturated heterocycles. The molecule has 0 unspecified atom stereocenters. The molecule has 0 bridgehead atoms. The van der Waals surface area contributed by atoms with Crippen LogP contribution in [0, 0.1) is 11.5 Å². The zero-order valence-corrected chi connectivity index (χ0v) is 12.2. The van der Waals surface area contributed by atoms with Crippen molar-refractivity contribution in [2.45, 2.75) is 51.0 Å². The minimum absolute atomic E-state index is 0.241. The van der Waals surface area contributed by atoms with E-state index in [4.69, 9.17) is 9.47 Å². The lowest BCUT2D eigenvalue weighted by molar-refractivity contribution is -0.164. The predicted molar refractivity (Wildman–Crippen MR) is 68.1 cm³/mol. The molecule has 1 aliphatic rings. The Balaban J connectivity index is 2.86. The predicted octanol–water partition coefficient (Wildman–Crippen LogP) is 0.742. The molecule has 0 saturated carbocycles. The van der Waals surface area contributed by atoms with Crippen LogP contribution in [-0.2, 0) is 9.47 Å². The minimum Gasteiger partial charge on any atom is -0.392 e. The van der Waals surface area contributed by atoms with Crippen molar-refractivity contribution in [2.24, 2.45) is 0 Å². The first-order valence-corrected chi connectivity index (χ1v) is 9.27. The van der Waals surface area contributed by atoms with Crippen molar-refractivity contribution in [1.29, 1.82) is 0 Å².